The molecule has 3 rings (SSSR count). The lowest BCUT2D eigenvalue weighted by atomic mass is 10.1. The number of amides is 1. The first-order valence-electron chi connectivity index (χ1n) is 7.48. The van der Waals surface area contributed by atoms with Crippen molar-refractivity contribution in [3.8, 4) is 0 Å². The predicted octanol–water partition coefficient (Wildman–Crippen LogP) is 0.546. The summed E-state index contributed by atoms with van der Waals surface area (Å²) in [6.45, 7) is 0.810. The fourth-order valence-electron chi connectivity index (χ4n) is 2.47. The Labute approximate surface area is 142 Å². The van der Waals surface area contributed by atoms with Gasteiger partial charge < -0.3 is 5.11 Å². The van der Waals surface area contributed by atoms with Gasteiger partial charge in [0.15, 0.2) is 5.78 Å². The highest BCUT2D eigenvalue weighted by Crippen LogP contribution is 2.28. The molecular weight excluding hydrogens is 350 g/mol. The number of nitrogens with one attached hydrogen (secondary N) is 1. The van der Waals surface area contributed by atoms with Gasteiger partial charge in [0.25, 0.3) is 5.91 Å². The minimum atomic E-state index is -3.70. The predicted molar refractivity (Wildman–Crippen MR) is 86.8 cm³/mol. The van der Waals surface area contributed by atoms with Crippen LogP contribution >= 0.6 is 0 Å². The van der Waals surface area contributed by atoms with E-state index in [4.69, 9.17) is 5.11 Å². The highest BCUT2D eigenvalue weighted by atomic mass is 32.2. The molecule has 0 unspecified atom stereocenters. The lowest BCUT2D eigenvalue weighted by molar-refractivity contribution is -0.137. The first-order valence-corrected chi connectivity index (χ1v) is 9.03. The summed E-state index contributed by atoms with van der Waals surface area (Å²) >= 11 is 0. The smallest absolute Gasteiger partial charge is 0.325 e. The van der Waals surface area contributed by atoms with E-state index in [1.165, 1.54) is 25.1 Å². The molecule has 1 heterocycles. The van der Waals surface area contributed by atoms with Crippen molar-refractivity contribution in [2.75, 3.05) is 0 Å². The summed E-state index contributed by atoms with van der Waals surface area (Å²) in [5.41, 5.74) is 0.399. The van der Waals surface area contributed by atoms with Gasteiger partial charge in [0.1, 0.15) is 12.2 Å². The molecule has 0 saturated heterocycles. The van der Waals surface area contributed by atoms with Gasteiger partial charge >= 0.3 is 5.97 Å². The first kappa shape index (κ1) is 17.1. The van der Waals surface area contributed by atoms with Gasteiger partial charge in [-0.15, -0.1) is 0 Å². The van der Waals surface area contributed by atoms with Crippen LogP contribution in [-0.4, -0.2) is 46.2 Å². The maximum absolute atomic E-state index is 12.2. The molecular formula is C15H15N3O6S. The molecule has 2 N–H and O–H groups in total. The quantitative estimate of drug-likeness (QED) is 0.713. The number of carbonyl (C=O) groups is 3. The van der Waals surface area contributed by atoms with Crippen molar-refractivity contribution >= 4 is 38.6 Å². The summed E-state index contributed by atoms with van der Waals surface area (Å²) in [7, 11) is -3.70. The van der Waals surface area contributed by atoms with Crippen LogP contribution in [0, 0.1) is 0 Å². The van der Waals surface area contributed by atoms with Gasteiger partial charge in [-0.25, -0.2) is 13.1 Å². The molecule has 10 heteroatoms. The van der Waals surface area contributed by atoms with Crippen LogP contribution in [0.15, 0.2) is 18.2 Å². The number of aromatic nitrogens is 2. The average molecular weight is 365 g/mol. The van der Waals surface area contributed by atoms with Crippen LogP contribution < -0.4 is 4.72 Å². The Balaban J connectivity index is 2.01. The van der Waals surface area contributed by atoms with Crippen molar-refractivity contribution in [1.82, 2.24) is 14.5 Å². The number of hydrogen-bond donors (Lipinski definition) is 2. The zero-order valence-electron chi connectivity index (χ0n) is 13.2. The van der Waals surface area contributed by atoms with Gasteiger partial charge in [-0.05, 0) is 31.0 Å². The molecule has 1 saturated carbocycles. The third kappa shape index (κ3) is 3.38. The Kier molecular flexibility index (Phi) is 4.07. The van der Waals surface area contributed by atoms with E-state index in [9.17, 15) is 22.8 Å². The molecule has 0 atom stereocenters. The Morgan fingerprint density at radius 1 is 1.32 bits per heavy atom. The van der Waals surface area contributed by atoms with Gasteiger partial charge in [0, 0.05) is 17.9 Å². The number of Topliss-reactive ketones (excluding diaryl/α,β-unsaturated/α-hetero) is 1. The molecule has 25 heavy (non-hydrogen) atoms. The number of nitrogens with zero attached hydrogens (tertiary/aromatic N) is 2. The Morgan fingerprint density at radius 3 is 2.56 bits per heavy atom. The molecule has 0 bridgehead atoms. The second-order valence-corrected chi connectivity index (χ2v) is 7.82. The summed E-state index contributed by atoms with van der Waals surface area (Å²) in [6.07, 6.45) is 1.05. The molecule has 1 fully saturated rings. The number of hydrogen-bond acceptors (Lipinski definition) is 6. The topological polar surface area (TPSA) is 135 Å². The van der Waals surface area contributed by atoms with Crippen molar-refractivity contribution in [3.05, 3.63) is 29.5 Å². The molecule has 1 amide bonds. The van der Waals surface area contributed by atoms with E-state index in [0.717, 1.165) is 4.68 Å². The van der Waals surface area contributed by atoms with Crippen molar-refractivity contribution in [2.45, 2.75) is 31.6 Å². The summed E-state index contributed by atoms with van der Waals surface area (Å²) in [5.74, 6) is -2.31. The van der Waals surface area contributed by atoms with E-state index in [2.05, 4.69) is 5.10 Å². The minimum absolute atomic E-state index is 0.0402. The Hall–Kier alpha value is -2.75. The average Bonchev–Trinajstić information content (AvgIpc) is 3.31. The molecule has 0 aliphatic heterocycles. The number of benzene rings is 1. The number of ketones is 1. The SMILES string of the molecule is CC(=O)c1nn(CC(=O)O)c2cc(C(=O)NS(=O)(=O)C3CC3)ccc12. The van der Waals surface area contributed by atoms with Crippen LogP contribution in [0.2, 0.25) is 0 Å². The minimum Gasteiger partial charge on any atom is -0.480 e. The van der Waals surface area contributed by atoms with E-state index in [1.807, 2.05) is 4.72 Å². The van der Waals surface area contributed by atoms with Gasteiger partial charge in [-0.1, -0.05) is 0 Å². The second kappa shape index (κ2) is 5.96. The number of fused-ring (bicyclic) bond motifs is 1. The summed E-state index contributed by atoms with van der Waals surface area (Å²) in [6, 6.07) is 4.16. The van der Waals surface area contributed by atoms with E-state index in [-0.39, 0.29) is 22.6 Å². The van der Waals surface area contributed by atoms with Gasteiger partial charge in [0.05, 0.1) is 10.8 Å². The number of carboxylic acid groups (broad SMARTS) is 1. The Bertz CT molecular complexity index is 1000. The maximum atomic E-state index is 12.2. The molecule has 132 valence electrons. The molecule has 1 aliphatic carbocycles. The summed E-state index contributed by atoms with van der Waals surface area (Å²) < 4.78 is 26.9. The van der Waals surface area contributed by atoms with Crippen molar-refractivity contribution in [2.24, 2.45) is 0 Å². The first-order chi connectivity index (χ1) is 11.7. The van der Waals surface area contributed by atoms with E-state index >= 15 is 0 Å². The molecule has 2 aromatic rings. The van der Waals surface area contributed by atoms with Crippen LogP contribution in [0.3, 0.4) is 0 Å². The number of sulfonamides is 1. The van der Waals surface area contributed by atoms with Crippen molar-refractivity contribution < 1.29 is 27.9 Å². The zero-order chi connectivity index (χ0) is 18.4. The lowest BCUT2D eigenvalue weighted by Crippen LogP contribution is -2.33. The van der Waals surface area contributed by atoms with E-state index in [1.54, 1.807) is 0 Å². The molecule has 9 nitrogen and oxygen atoms in total. The fourth-order valence-corrected chi connectivity index (χ4v) is 3.77. The summed E-state index contributed by atoms with van der Waals surface area (Å²) in [5, 5.41) is 12.8. The molecule has 1 aliphatic rings. The van der Waals surface area contributed by atoms with Gasteiger partial charge in [-0.2, -0.15) is 5.10 Å². The third-order valence-corrected chi connectivity index (χ3v) is 5.65. The zero-order valence-corrected chi connectivity index (χ0v) is 14.0. The van der Waals surface area contributed by atoms with Crippen LogP contribution in [0.4, 0.5) is 0 Å². The fraction of sp³-hybridized carbons (Fsp3) is 0.333. The largest absolute Gasteiger partial charge is 0.480 e. The highest BCUT2D eigenvalue weighted by molar-refractivity contribution is 7.91. The van der Waals surface area contributed by atoms with E-state index in [0.29, 0.717) is 18.2 Å². The monoisotopic (exact) mass is 365 g/mol. The molecule has 1 aromatic heterocycles. The maximum Gasteiger partial charge on any atom is 0.325 e. The van der Waals surface area contributed by atoms with Crippen LogP contribution in [0.5, 0.6) is 0 Å². The molecule has 0 radical (unpaired) electrons. The van der Waals surface area contributed by atoms with Crippen LogP contribution in [0.25, 0.3) is 10.9 Å². The number of rotatable bonds is 6. The van der Waals surface area contributed by atoms with Gasteiger partial charge in [-0.3, -0.25) is 19.1 Å². The summed E-state index contributed by atoms with van der Waals surface area (Å²) in [4.78, 5) is 34.8. The number of carboxylic acids is 1. The van der Waals surface area contributed by atoms with Crippen LogP contribution in [0.1, 0.15) is 40.6 Å². The molecule has 0 spiro atoms. The third-order valence-electron chi connectivity index (χ3n) is 3.83. The van der Waals surface area contributed by atoms with Crippen molar-refractivity contribution in [1.29, 1.82) is 0 Å². The standard InChI is InChI=1S/C15H15N3O6S/c1-8(19)14-11-5-2-9(6-12(11)18(16-14)7-13(20)21)15(22)17-25(23,24)10-3-4-10/h2,5-6,10H,3-4,7H2,1H3,(H,17,22)(H,20,21). The number of aliphatic carboxylic acids is 1. The second-order valence-electron chi connectivity index (χ2n) is 5.86. The van der Waals surface area contributed by atoms with Gasteiger partial charge in [0.2, 0.25) is 10.0 Å². The van der Waals surface area contributed by atoms with E-state index < -0.39 is 33.7 Å². The molecule has 1 aromatic carbocycles. The number of carbonyl (C=O) groups excluding carboxylic acids is 2. The normalized spacial score (nSPS) is 14.4. The highest BCUT2D eigenvalue weighted by Gasteiger charge is 2.37. The van der Waals surface area contributed by atoms with Crippen LogP contribution in [-0.2, 0) is 21.4 Å². The Morgan fingerprint density at radius 2 is 2.00 bits per heavy atom. The lowest BCUT2D eigenvalue weighted by Gasteiger charge is -2.06. The van der Waals surface area contributed by atoms with Crippen molar-refractivity contribution in [3.63, 3.8) is 0 Å².